The van der Waals surface area contributed by atoms with Gasteiger partial charge in [-0.1, -0.05) is 25.3 Å². The van der Waals surface area contributed by atoms with E-state index in [1.165, 1.54) is 39.0 Å². The zero-order chi connectivity index (χ0) is 25.4. The molecular formula is C29H31NO6. The van der Waals surface area contributed by atoms with E-state index in [4.69, 9.17) is 18.9 Å². The van der Waals surface area contributed by atoms with E-state index in [-0.39, 0.29) is 0 Å². The van der Waals surface area contributed by atoms with Crippen molar-refractivity contribution in [1.82, 2.24) is 4.57 Å². The summed E-state index contributed by atoms with van der Waals surface area (Å²) in [7, 11) is 6.00. The first-order valence-corrected chi connectivity index (χ1v) is 12.3. The number of hydrogen-bond donors (Lipinski definition) is 0. The summed E-state index contributed by atoms with van der Waals surface area (Å²) < 4.78 is 23.5. The lowest BCUT2D eigenvalue weighted by atomic mass is 9.81. The van der Waals surface area contributed by atoms with Gasteiger partial charge in [-0.25, -0.2) is 9.59 Å². The Kier molecular flexibility index (Phi) is 6.48. The second-order valence-corrected chi connectivity index (χ2v) is 9.36. The molecule has 7 nitrogen and oxygen atoms in total. The van der Waals surface area contributed by atoms with Gasteiger partial charge in [-0.05, 0) is 60.2 Å². The number of hydrogen-bond acceptors (Lipinski definition) is 6. The van der Waals surface area contributed by atoms with Crippen molar-refractivity contribution in [3.8, 4) is 22.8 Å². The van der Waals surface area contributed by atoms with Crippen molar-refractivity contribution >= 4 is 28.9 Å². The second-order valence-electron chi connectivity index (χ2n) is 9.36. The van der Waals surface area contributed by atoms with Crippen LogP contribution in [0, 0.1) is 0 Å². The zero-order valence-electron chi connectivity index (χ0n) is 21.2. The Hall–Kier alpha value is -3.74. The highest BCUT2D eigenvalue weighted by Gasteiger charge is 2.31. The molecule has 0 N–H and O–H groups in total. The molecule has 7 heteroatoms. The summed E-state index contributed by atoms with van der Waals surface area (Å²) in [4.78, 5) is 25.3. The van der Waals surface area contributed by atoms with Crippen LogP contribution in [0.15, 0.2) is 35.9 Å². The minimum atomic E-state index is -0.395. The Morgan fingerprint density at radius 2 is 1.56 bits per heavy atom. The lowest BCUT2D eigenvalue weighted by Gasteiger charge is -2.24. The molecule has 3 aromatic rings. The Morgan fingerprint density at radius 3 is 2.22 bits per heavy atom. The van der Waals surface area contributed by atoms with Gasteiger partial charge in [-0.15, -0.1) is 0 Å². The molecule has 1 saturated carbocycles. The van der Waals surface area contributed by atoms with Gasteiger partial charge >= 0.3 is 11.9 Å². The maximum Gasteiger partial charge on any atom is 0.337 e. The van der Waals surface area contributed by atoms with E-state index in [2.05, 4.69) is 4.57 Å². The molecule has 1 fully saturated rings. The molecule has 1 aliphatic heterocycles. The lowest BCUT2D eigenvalue weighted by molar-refractivity contribution is -0.136. The third-order valence-corrected chi connectivity index (χ3v) is 7.45. The van der Waals surface area contributed by atoms with E-state index in [1.807, 2.05) is 36.4 Å². The van der Waals surface area contributed by atoms with Gasteiger partial charge in [-0.2, -0.15) is 0 Å². The number of fused-ring (bicyclic) bond motifs is 5. The summed E-state index contributed by atoms with van der Waals surface area (Å²) in [5.41, 5.74) is 6.01. The molecule has 0 spiro atoms. The number of ether oxygens (including phenoxy) is 4. The molecule has 5 rings (SSSR count). The minimum Gasteiger partial charge on any atom is -0.493 e. The average Bonchev–Trinajstić information content (AvgIpc) is 3.14. The predicted octanol–water partition coefficient (Wildman–Crippen LogP) is 5.73. The first kappa shape index (κ1) is 24.0. The molecule has 0 atom stereocenters. The first-order chi connectivity index (χ1) is 17.5. The fraction of sp³-hybridized carbons (Fsp3) is 0.379. The van der Waals surface area contributed by atoms with Gasteiger partial charge in [0.05, 0.1) is 51.8 Å². The molecule has 188 valence electrons. The molecule has 1 aromatic heterocycles. The third-order valence-electron chi connectivity index (χ3n) is 7.45. The van der Waals surface area contributed by atoms with Gasteiger partial charge in [0.2, 0.25) is 0 Å². The fourth-order valence-electron chi connectivity index (χ4n) is 5.76. The average molecular weight is 490 g/mol. The van der Waals surface area contributed by atoms with E-state index >= 15 is 0 Å². The number of carbonyl (C=O) groups excluding carboxylic acids is 2. The number of aromatic nitrogens is 1. The standard InChI is InChI=1S/C29H31NO6/c1-33-24-14-19-12-20(29(32)36-4)16-30-23-13-18(28(31)35-3)10-11-21(23)26(17-8-6-5-7-9-17)27(30)22(19)15-25(24)34-2/h10-15,17H,5-9,16H2,1-4H3. The fourth-order valence-corrected chi connectivity index (χ4v) is 5.76. The summed E-state index contributed by atoms with van der Waals surface area (Å²) in [6.45, 7) is 0.315. The molecule has 0 unspecified atom stereocenters. The maximum absolute atomic E-state index is 12.8. The smallest absolute Gasteiger partial charge is 0.337 e. The summed E-state index contributed by atoms with van der Waals surface area (Å²) >= 11 is 0. The SMILES string of the molecule is COC(=O)C1=Cc2cc(OC)c(OC)cc2-c2c(C3CCCCC3)c3ccc(C(=O)OC)cc3n2C1. The Labute approximate surface area is 210 Å². The van der Waals surface area contributed by atoms with Crippen molar-refractivity contribution in [2.45, 2.75) is 44.6 Å². The minimum absolute atomic E-state index is 0.315. The summed E-state index contributed by atoms with van der Waals surface area (Å²) in [5.74, 6) is 0.799. The number of carbonyl (C=O) groups is 2. The molecule has 1 aliphatic carbocycles. The van der Waals surface area contributed by atoms with E-state index in [1.54, 1.807) is 14.2 Å². The van der Waals surface area contributed by atoms with Crippen molar-refractivity contribution in [2.24, 2.45) is 0 Å². The van der Waals surface area contributed by atoms with Crippen molar-refractivity contribution < 1.29 is 28.5 Å². The van der Waals surface area contributed by atoms with E-state index in [9.17, 15) is 9.59 Å². The zero-order valence-corrected chi connectivity index (χ0v) is 21.2. The van der Waals surface area contributed by atoms with Crippen molar-refractivity contribution in [3.05, 3.63) is 52.6 Å². The van der Waals surface area contributed by atoms with Crippen LogP contribution in [-0.2, 0) is 20.8 Å². The normalized spacial score (nSPS) is 15.4. The number of rotatable bonds is 5. The van der Waals surface area contributed by atoms with Gasteiger partial charge in [-0.3, -0.25) is 0 Å². The van der Waals surface area contributed by atoms with Gasteiger partial charge < -0.3 is 23.5 Å². The summed E-state index contributed by atoms with van der Waals surface area (Å²) in [5, 5.41) is 1.09. The second kappa shape index (κ2) is 9.72. The Morgan fingerprint density at radius 1 is 0.861 bits per heavy atom. The monoisotopic (exact) mass is 489 g/mol. The molecule has 0 amide bonds. The van der Waals surface area contributed by atoms with Crippen LogP contribution in [-0.4, -0.2) is 44.9 Å². The highest BCUT2D eigenvalue weighted by atomic mass is 16.5. The van der Waals surface area contributed by atoms with Crippen molar-refractivity contribution in [3.63, 3.8) is 0 Å². The molecule has 0 bridgehead atoms. The summed E-state index contributed by atoms with van der Waals surface area (Å²) in [6.07, 6.45) is 7.68. The molecule has 2 heterocycles. The van der Waals surface area contributed by atoms with Crippen LogP contribution in [0.3, 0.4) is 0 Å². The Bertz CT molecular complexity index is 1380. The number of methoxy groups -OCH3 is 4. The van der Waals surface area contributed by atoms with Crippen LogP contribution in [0.2, 0.25) is 0 Å². The maximum atomic E-state index is 12.8. The summed E-state index contributed by atoms with van der Waals surface area (Å²) in [6, 6.07) is 9.62. The van der Waals surface area contributed by atoms with Gasteiger partial charge in [0.25, 0.3) is 0 Å². The van der Waals surface area contributed by atoms with Gasteiger partial charge in [0.15, 0.2) is 11.5 Å². The number of nitrogens with zero attached hydrogens (tertiary/aromatic N) is 1. The van der Waals surface area contributed by atoms with E-state index in [0.29, 0.717) is 35.1 Å². The highest BCUT2D eigenvalue weighted by Crippen LogP contribution is 2.48. The van der Waals surface area contributed by atoms with Crippen LogP contribution in [0.5, 0.6) is 11.5 Å². The van der Waals surface area contributed by atoms with Gasteiger partial charge in [0.1, 0.15) is 0 Å². The molecular weight excluding hydrogens is 458 g/mol. The largest absolute Gasteiger partial charge is 0.493 e. The van der Waals surface area contributed by atoms with E-state index in [0.717, 1.165) is 40.6 Å². The van der Waals surface area contributed by atoms with Crippen LogP contribution in [0.1, 0.15) is 59.5 Å². The lowest BCUT2D eigenvalue weighted by Crippen LogP contribution is -2.12. The number of esters is 2. The van der Waals surface area contributed by atoms with Crippen LogP contribution >= 0.6 is 0 Å². The van der Waals surface area contributed by atoms with Crippen LogP contribution < -0.4 is 9.47 Å². The number of benzene rings is 2. The first-order valence-electron chi connectivity index (χ1n) is 12.3. The topological polar surface area (TPSA) is 76.0 Å². The van der Waals surface area contributed by atoms with Crippen LogP contribution in [0.25, 0.3) is 28.2 Å². The molecule has 2 aliphatic rings. The van der Waals surface area contributed by atoms with Crippen molar-refractivity contribution in [1.29, 1.82) is 0 Å². The third kappa shape index (κ3) is 3.92. The quantitative estimate of drug-likeness (QED) is 0.426. The highest BCUT2D eigenvalue weighted by molar-refractivity contribution is 6.02. The predicted molar refractivity (Wildman–Crippen MR) is 138 cm³/mol. The molecule has 0 saturated heterocycles. The van der Waals surface area contributed by atoms with Gasteiger partial charge in [0, 0.05) is 16.5 Å². The Balaban J connectivity index is 1.88. The van der Waals surface area contributed by atoms with Crippen LogP contribution in [0.4, 0.5) is 0 Å². The van der Waals surface area contributed by atoms with Crippen molar-refractivity contribution in [2.75, 3.05) is 28.4 Å². The van der Waals surface area contributed by atoms with E-state index < -0.39 is 11.9 Å². The molecule has 2 aromatic carbocycles. The molecule has 36 heavy (non-hydrogen) atoms. The molecule has 0 radical (unpaired) electrons.